The molecule has 8 nitrogen and oxygen atoms in total. The lowest BCUT2D eigenvalue weighted by molar-refractivity contribution is 0.332. The highest BCUT2D eigenvalue weighted by Crippen LogP contribution is 2.33. The van der Waals surface area contributed by atoms with Crippen molar-refractivity contribution < 1.29 is 9.47 Å². The minimum atomic E-state index is 0.521. The van der Waals surface area contributed by atoms with Gasteiger partial charge < -0.3 is 19.7 Å². The van der Waals surface area contributed by atoms with Crippen LogP contribution in [0.25, 0.3) is 11.0 Å². The van der Waals surface area contributed by atoms with Crippen molar-refractivity contribution in [3.05, 3.63) is 65.9 Å². The minimum absolute atomic E-state index is 0.521. The van der Waals surface area contributed by atoms with E-state index in [9.17, 15) is 0 Å². The van der Waals surface area contributed by atoms with Gasteiger partial charge in [-0.15, -0.1) is 0 Å². The van der Waals surface area contributed by atoms with E-state index in [4.69, 9.17) is 19.4 Å². The van der Waals surface area contributed by atoms with Crippen molar-refractivity contribution >= 4 is 22.8 Å². The van der Waals surface area contributed by atoms with Crippen molar-refractivity contribution in [2.24, 2.45) is 7.05 Å². The molecule has 3 heterocycles. The summed E-state index contributed by atoms with van der Waals surface area (Å²) in [7, 11) is 3.62. The second-order valence-electron chi connectivity index (χ2n) is 7.75. The molecule has 0 fully saturated rings. The molecule has 2 aromatic carbocycles. The molecule has 164 valence electrons. The monoisotopic (exact) mass is 430 g/mol. The molecule has 32 heavy (non-hydrogen) atoms. The number of hydrogen-bond donors (Lipinski definition) is 1. The van der Waals surface area contributed by atoms with Crippen molar-refractivity contribution in [3.63, 3.8) is 0 Å². The van der Waals surface area contributed by atoms with Gasteiger partial charge in [-0.05, 0) is 29.8 Å². The van der Waals surface area contributed by atoms with Crippen LogP contribution in [0.2, 0.25) is 0 Å². The zero-order valence-corrected chi connectivity index (χ0v) is 18.3. The lowest BCUT2D eigenvalue weighted by Crippen LogP contribution is -2.30. The number of hydrogen-bond acceptors (Lipinski definition) is 7. The van der Waals surface area contributed by atoms with E-state index < -0.39 is 0 Å². The van der Waals surface area contributed by atoms with Crippen molar-refractivity contribution in [2.45, 2.75) is 13.0 Å². The van der Waals surface area contributed by atoms with E-state index in [2.05, 4.69) is 27.4 Å². The molecule has 0 saturated heterocycles. The van der Waals surface area contributed by atoms with Gasteiger partial charge in [-0.2, -0.15) is 15.1 Å². The summed E-state index contributed by atoms with van der Waals surface area (Å²) < 4.78 is 12.9. The van der Waals surface area contributed by atoms with E-state index >= 15 is 0 Å². The first-order valence-corrected chi connectivity index (χ1v) is 10.7. The molecule has 0 radical (unpaired) electrons. The zero-order valence-electron chi connectivity index (χ0n) is 18.3. The lowest BCUT2D eigenvalue weighted by Gasteiger charge is -2.28. The smallest absolute Gasteiger partial charge is 0.226 e. The molecule has 4 aromatic rings. The van der Waals surface area contributed by atoms with Crippen LogP contribution in [-0.2, 0) is 20.0 Å². The number of methoxy groups -OCH3 is 1. The van der Waals surface area contributed by atoms with Crippen LogP contribution in [0.5, 0.6) is 11.5 Å². The largest absolute Gasteiger partial charge is 0.497 e. The van der Waals surface area contributed by atoms with E-state index in [0.717, 1.165) is 53.6 Å². The molecule has 2 aromatic heterocycles. The third-order valence-corrected chi connectivity index (χ3v) is 5.58. The van der Waals surface area contributed by atoms with Crippen LogP contribution in [0.15, 0.2) is 54.6 Å². The summed E-state index contributed by atoms with van der Waals surface area (Å²) in [5, 5.41) is 9.03. The predicted molar refractivity (Wildman–Crippen MR) is 124 cm³/mol. The van der Waals surface area contributed by atoms with Crippen LogP contribution in [0, 0.1) is 0 Å². The molecule has 5 rings (SSSR count). The highest BCUT2D eigenvalue weighted by Gasteiger charge is 2.26. The summed E-state index contributed by atoms with van der Waals surface area (Å²) in [6, 6.07) is 17.9. The average Bonchev–Trinajstić information content (AvgIpc) is 3.16. The molecular formula is C24H26N6O2. The maximum absolute atomic E-state index is 5.77. The predicted octanol–water partition coefficient (Wildman–Crippen LogP) is 3.43. The maximum Gasteiger partial charge on any atom is 0.226 e. The molecule has 0 amide bonds. The highest BCUT2D eigenvalue weighted by atomic mass is 16.5. The first-order valence-electron chi connectivity index (χ1n) is 10.7. The summed E-state index contributed by atoms with van der Waals surface area (Å²) in [5.41, 5.74) is 3.11. The van der Waals surface area contributed by atoms with Crippen molar-refractivity contribution in [1.82, 2.24) is 19.7 Å². The van der Waals surface area contributed by atoms with Gasteiger partial charge in [0, 0.05) is 26.6 Å². The fourth-order valence-electron chi connectivity index (χ4n) is 3.99. The highest BCUT2D eigenvalue weighted by molar-refractivity contribution is 5.92. The molecular weight excluding hydrogens is 404 g/mol. The number of anilines is 2. The van der Waals surface area contributed by atoms with Gasteiger partial charge in [0.25, 0.3) is 0 Å². The summed E-state index contributed by atoms with van der Waals surface area (Å²) in [4.78, 5) is 11.9. The van der Waals surface area contributed by atoms with Crippen LogP contribution in [-0.4, -0.2) is 46.6 Å². The second kappa shape index (κ2) is 8.74. The first-order chi connectivity index (χ1) is 15.7. The molecule has 1 N–H and O–H groups in total. The maximum atomic E-state index is 5.77. The topological polar surface area (TPSA) is 77.3 Å². The Bertz CT molecular complexity index is 1210. The fraction of sp³-hybridized carbons (Fsp3) is 0.292. The van der Waals surface area contributed by atoms with Crippen molar-refractivity contribution in [1.29, 1.82) is 0 Å². The summed E-state index contributed by atoms with van der Waals surface area (Å²) in [6.07, 6.45) is 0.877. The normalized spacial score (nSPS) is 12.8. The van der Waals surface area contributed by atoms with Crippen LogP contribution >= 0.6 is 0 Å². The van der Waals surface area contributed by atoms with Gasteiger partial charge in [-0.25, -0.2) is 4.68 Å². The van der Waals surface area contributed by atoms with E-state index in [1.54, 1.807) is 7.11 Å². The third-order valence-electron chi connectivity index (χ3n) is 5.58. The number of aryl methyl sites for hydroxylation is 1. The molecule has 0 saturated carbocycles. The van der Waals surface area contributed by atoms with Gasteiger partial charge in [0.2, 0.25) is 5.95 Å². The first kappa shape index (κ1) is 20.1. The van der Waals surface area contributed by atoms with Gasteiger partial charge in [0.1, 0.15) is 23.9 Å². The van der Waals surface area contributed by atoms with E-state index in [0.29, 0.717) is 19.1 Å². The van der Waals surface area contributed by atoms with Crippen molar-refractivity contribution in [2.75, 3.05) is 37.0 Å². The molecule has 0 unspecified atom stereocenters. The standard InChI is InChI=1S/C24H26N6O2/c1-29-22-21-20(28-29)12-14-30(16-17-8-10-18(31-2)11-9-17)23(21)27-24(26-22)25-13-15-32-19-6-4-3-5-7-19/h3-11H,12-16H2,1-2H3,(H,25,26,27). The molecule has 8 heteroatoms. The Morgan fingerprint density at radius 3 is 2.59 bits per heavy atom. The number of para-hydroxylation sites is 1. The van der Waals surface area contributed by atoms with Gasteiger partial charge in [-0.1, -0.05) is 30.3 Å². The quantitative estimate of drug-likeness (QED) is 0.429. The summed E-state index contributed by atoms with van der Waals surface area (Å²) in [6.45, 7) is 2.75. The average molecular weight is 431 g/mol. The molecule has 1 aliphatic heterocycles. The zero-order chi connectivity index (χ0) is 21.9. The van der Waals surface area contributed by atoms with E-state index in [1.807, 2.05) is 54.2 Å². The SMILES string of the molecule is COc1ccc(CN2CCc3nn(C)c4nc(NCCOc5ccccc5)nc2c34)cc1. The molecule has 1 aliphatic rings. The Labute approximate surface area is 186 Å². The Hall–Kier alpha value is -3.81. The van der Waals surface area contributed by atoms with Crippen LogP contribution in [0.1, 0.15) is 11.3 Å². The number of benzene rings is 2. The van der Waals surface area contributed by atoms with Crippen LogP contribution in [0.4, 0.5) is 11.8 Å². The number of aromatic nitrogens is 4. The third kappa shape index (κ3) is 4.03. The van der Waals surface area contributed by atoms with E-state index in [-0.39, 0.29) is 0 Å². The molecule has 0 bridgehead atoms. The summed E-state index contributed by atoms with van der Waals surface area (Å²) >= 11 is 0. The van der Waals surface area contributed by atoms with Crippen LogP contribution < -0.4 is 19.7 Å². The number of nitrogens with zero attached hydrogens (tertiary/aromatic N) is 5. The summed E-state index contributed by atoms with van der Waals surface area (Å²) in [5.74, 6) is 3.21. The molecule has 0 aliphatic carbocycles. The van der Waals surface area contributed by atoms with Gasteiger partial charge >= 0.3 is 0 Å². The number of nitrogens with one attached hydrogen (secondary N) is 1. The second-order valence-corrected chi connectivity index (χ2v) is 7.75. The Morgan fingerprint density at radius 2 is 1.81 bits per heavy atom. The molecule has 0 atom stereocenters. The van der Waals surface area contributed by atoms with Crippen LogP contribution in [0.3, 0.4) is 0 Å². The Kier molecular flexibility index (Phi) is 5.49. The van der Waals surface area contributed by atoms with Gasteiger partial charge in [-0.3, -0.25) is 0 Å². The minimum Gasteiger partial charge on any atom is -0.497 e. The van der Waals surface area contributed by atoms with Gasteiger partial charge in [0.15, 0.2) is 5.65 Å². The number of ether oxygens (including phenoxy) is 2. The fourth-order valence-corrected chi connectivity index (χ4v) is 3.99. The van der Waals surface area contributed by atoms with Gasteiger partial charge in [0.05, 0.1) is 24.7 Å². The molecule has 0 spiro atoms. The van der Waals surface area contributed by atoms with Crippen molar-refractivity contribution in [3.8, 4) is 11.5 Å². The number of rotatable bonds is 8. The Balaban J connectivity index is 1.36. The Morgan fingerprint density at radius 1 is 1.00 bits per heavy atom. The lowest BCUT2D eigenvalue weighted by atomic mass is 10.1. The van der Waals surface area contributed by atoms with E-state index in [1.165, 1.54) is 5.56 Å².